The van der Waals surface area contributed by atoms with Crippen molar-refractivity contribution in [3.8, 4) is 0 Å². The minimum absolute atomic E-state index is 0.168. The molecule has 9 nitrogen and oxygen atoms in total. The van der Waals surface area contributed by atoms with Crippen molar-refractivity contribution in [2.75, 3.05) is 26.3 Å². The van der Waals surface area contributed by atoms with Crippen LogP contribution in [0.1, 0.15) is 59.9 Å². The molecular formula is C16H21N5O4. The topological polar surface area (TPSA) is 106 Å². The molecule has 2 aromatic rings. The molecule has 25 heavy (non-hydrogen) atoms. The number of carbonyl (C=O) groups is 1. The van der Waals surface area contributed by atoms with Gasteiger partial charge in [-0.05, 0) is 12.8 Å². The van der Waals surface area contributed by atoms with Crippen LogP contribution in [0.25, 0.3) is 0 Å². The van der Waals surface area contributed by atoms with Gasteiger partial charge in [-0.2, -0.15) is 5.10 Å². The third-order valence-electron chi connectivity index (χ3n) is 4.55. The van der Waals surface area contributed by atoms with Gasteiger partial charge in [0.05, 0.1) is 13.2 Å². The average molecular weight is 347 g/mol. The molecule has 1 amide bonds. The molecule has 0 radical (unpaired) electrons. The number of H-pyrrole nitrogens is 1. The van der Waals surface area contributed by atoms with Gasteiger partial charge in [0.2, 0.25) is 0 Å². The molecule has 0 unspecified atom stereocenters. The molecular weight excluding hydrogens is 326 g/mol. The van der Waals surface area contributed by atoms with E-state index < -0.39 is 0 Å². The highest BCUT2D eigenvalue weighted by atomic mass is 16.5. The van der Waals surface area contributed by atoms with Crippen molar-refractivity contribution in [3.63, 3.8) is 0 Å². The van der Waals surface area contributed by atoms with E-state index in [1.165, 1.54) is 6.39 Å². The molecule has 1 N–H and O–H groups in total. The predicted octanol–water partition coefficient (Wildman–Crippen LogP) is 1.42. The maximum absolute atomic E-state index is 12.9. The molecule has 2 fully saturated rings. The molecule has 9 heteroatoms. The summed E-state index contributed by atoms with van der Waals surface area (Å²) in [5, 5.41) is 7.08. The first-order valence-electron chi connectivity index (χ1n) is 8.63. The number of hydrogen-bond acceptors (Lipinski definition) is 7. The largest absolute Gasteiger partial charge is 0.445 e. The Balaban J connectivity index is 1.49. The monoisotopic (exact) mass is 347 g/mol. The van der Waals surface area contributed by atoms with Crippen LogP contribution < -0.4 is 0 Å². The standard InChI is InChI=1S/C16H21N5O4/c1-2-12-18-15(20-19-12)11-8-21(5-7-24-11)16(22)13-14(25-9-17-13)10-4-3-6-23-10/h9-11H,2-8H2,1H3,(H,18,19,20)/t10-,11-/m0/s1. The molecule has 0 saturated carbocycles. The molecule has 0 spiro atoms. The number of aromatic amines is 1. The second kappa shape index (κ2) is 6.93. The Bertz CT molecular complexity index is 736. The van der Waals surface area contributed by atoms with Crippen molar-refractivity contribution in [3.05, 3.63) is 29.5 Å². The fourth-order valence-electron chi connectivity index (χ4n) is 3.18. The molecule has 2 aromatic heterocycles. The maximum Gasteiger partial charge on any atom is 0.276 e. The lowest BCUT2D eigenvalue weighted by molar-refractivity contribution is -0.0270. The average Bonchev–Trinajstić information content (AvgIpc) is 3.41. The number of ether oxygens (including phenoxy) is 2. The molecule has 2 aliphatic heterocycles. The Morgan fingerprint density at radius 2 is 2.24 bits per heavy atom. The van der Waals surface area contributed by atoms with Crippen LogP contribution in [0.4, 0.5) is 0 Å². The van der Waals surface area contributed by atoms with Gasteiger partial charge in [0.1, 0.15) is 18.0 Å². The van der Waals surface area contributed by atoms with E-state index in [-0.39, 0.29) is 18.1 Å². The van der Waals surface area contributed by atoms with Crippen molar-refractivity contribution >= 4 is 5.91 Å². The minimum Gasteiger partial charge on any atom is -0.445 e. The first-order chi connectivity index (χ1) is 12.3. The Kier molecular flexibility index (Phi) is 4.50. The first-order valence-corrected chi connectivity index (χ1v) is 8.63. The van der Waals surface area contributed by atoms with Gasteiger partial charge in [0, 0.05) is 19.6 Å². The van der Waals surface area contributed by atoms with E-state index >= 15 is 0 Å². The zero-order chi connectivity index (χ0) is 17.2. The highest BCUT2D eigenvalue weighted by Crippen LogP contribution is 2.31. The molecule has 2 atom stereocenters. The third kappa shape index (κ3) is 3.16. The van der Waals surface area contributed by atoms with Crippen LogP contribution in [-0.2, 0) is 15.9 Å². The molecule has 4 heterocycles. The molecule has 2 aliphatic rings. The van der Waals surface area contributed by atoms with Crippen LogP contribution in [0.15, 0.2) is 10.8 Å². The number of nitrogens with zero attached hydrogens (tertiary/aromatic N) is 4. The fraction of sp³-hybridized carbons (Fsp3) is 0.625. The number of morpholine rings is 1. The smallest absolute Gasteiger partial charge is 0.276 e. The summed E-state index contributed by atoms with van der Waals surface area (Å²) in [6, 6.07) is 0. The summed E-state index contributed by atoms with van der Waals surface area (Å²) in [5.74, 6) is 1.74. The lowest BCUT2D eigenvalue weighted by Gasteiger charge is -2.31. The lowest BCUT2D eigenvalue weighted by Crippen LogP contribution is -2.43. The second-order valence-corrected chi connectivity index (χ2v) is 6.17. The SMILES string of the molecule is CCc1nc([C@@H]2CN(C(=O)c3ncoc3[C@@H]3CCCO3)CCO2)n[nH]1. The molecule has 0 aromatic carbocycles. The molecule has 4 rings (SSSR count). The van der Waals surface area contributed by atoms with E-state index in [1.807, 2.05) is 6.92 Å². The Morgan fingerprint density at radius 3 is 3.00 bits per heavy atom. The number of rotatable bonds is 4. The quantitative estimate of drug-likeness (QED) is 0.891. The van der Waals surface area contributed by atoms with Crippen LogP contribution in [0, 0.1) is 0 Å². The number of amides is 1. The molecule has 0 bridgehead atoms. The van der Waals surface area contributed by atoms with Crippen molar-refractivity contribution in [1.29, 1.82) is 0 Å². The summed E-state index contributed by atoms with van der Waals surface area (Å²) < 4.78 is 16.8. The second-order valence-electron chi connectivity index (χ2n) is 6.17. The van der Waals surface area contributed by atoms with E-state index in [0.29, 0.717) is 43.6 Å². The zero-order valence-electron chi connectivity index (χ0n) is 14.1. The van der Waals surface area contributed by atoms with Gasteiger partial charge in [-0.1, -0.05) is 6.92 Å². The first kappa shape index (κ1) is 16.2. The summed E-state index contributed by atoms with van der Waals surface area (Å²) in [6.07, 6.45) is 3.36. The molecule has 134 valence electrons. The summed E-state index contributed by atoms with van der Waals surface area (Å²) in [6.45, 7) is 4.00. The van der Waals surface area contributed by atoms with Crippen LogP contribution in [-0.4, -0.2) is 57.3 Å². The van der Waals surface area contributed by atoms with Crippen molar-refractivity contribution in [2.45, 2.75) is 38.4 Å². The van der Waals surface area contributed by atoms with Crippen molar-refractivity contribution < 1.29 is 18.7 Å². The molecule has 2 saturated heterocycles. The molecule has 0 aliphatic carbocycles. The normalized spacial score (nSPS) is 24.0. The van der Waals surface area contributed by atoms with Gasteiger partial charge in [-0.25, -0.2) is 9.97 Å². The zero-order valence-corrected chi connectivity index (χ0v) is 14.1. The maximum atomic E-state index is 12.9. The third-order valence-corrected chi connectivity index (χ3v) is 4.55. The van der Waals surface area contributed by atoms with Crippen molar-refractivity contribution in [1.82, 2.24) is 25.1 Å². The van der Waals surface area contributed by atoms with E-state index in [1.54, 1.807) is 4.90 Å². The predicted molar refractivity (Wildman–Crippen MR) is 84.8 cm³/mol. The summed E-state index contributed by atoms with van der Waals surface area (Å²) in [5.41, 5.74) is 0.330. The minimum atomic E-state index is -0.340. The van der Waals surface area contributed by atoms with E-state index in [0.717, 1.165) is 25.1 Å². The van der Waals surface area contributed by atoms with E-state index in [9.17, 15) is 4.79 Å². The highest BCUT2D eigenvalue weighted by Gasteiger charge is 2.34. The fourth-order valence-corrected chi connectivity index (χ4v) is 3.18. The number of nitrogens with one attached hydrogen (secondary N) is 1. The van der Waals surface area contributed by atoms with Crippen molar-refractivity contribution in [2.24, 2.45) is 0 Å². The van der Waals surface area contributed by atoms with Gasteiger partial charge < -0.3 is 18.8 Å². The van der Waals surface area contributed by atoms with Crippen LogP contribution in [0.2, 0.25) is 0 Å². The highest BCUT2D eigenvalue weighted by molar-refractivity contribution is 5.93. The Labute approximate surface area is 144 Å². The Hall–Kier alpha value is -2.26. The van der Waals surface area contributed by atoms with E-state index in [2.05, 4.69) is 20.2 Å². The van der Waals surface area contributed by atoms with Gasteiger partial charge in [-0.3, -0.25) is 9.89 Å². The number of hydrogen-bond donors (Lipinski definition) is 1. The Morgan fingerprint density at radius 1 is 1.36 bits per heavy atom. The van der Waals surface area contributed by atoms with Crippen LogP contribution in [0.5, 0.6) is 0 Å². The van der Waals surface area contributed by atoms with E-state index in [4.69, 9.17) is 13.9 Å². The van der Waals surface area contributed by atoms with Gasteiger partial charge in [0.25, 0.3) is 5.91 Å². The number of aromatic nitrogens is 4. The number of aryl methyl sites for hydroxylation is 1. The number of carbonyl (C=O) groups excluding carboxylic acids is 1. The van der Waals surface area contributed by atoms with Gasteiger partial charge >= 0.3 is 0 Å². The summed E-state index contributed by atoms with van der Waals surface area (Å²) >= 11 is 0. The van der Waals surface area contributed by atoms with Gasteiger partial charge in [0.15, 0.2) is 23.7 Å². The van der Waals surface area contributed by atoms with Crippen LogP contribution in [0.3, 0.4) is 0 Å². The number of oxazole rings is 1. The lowest BCUT2D eigenvalue weighted by atomic mass is 10.1. The van der Waals surface area contributed by atoms with Crippen LogP contribution >= 0.6 is 0 Å². The summed E-state index contributed by atoms with van der Waals surface area (Å²) in [4.78, 5) is 23.2. The summed E-state index contributed by atoms with van der Waals surface area (Å²) in [7, 11) is 0. The van der Waals surface area contributed by atoms with Gasteiger partial charge in [-0.15, -0.1) is 0 Å².